The summed E-state index contributed by atoms with van der Waals surface area (Å²) in [6.45, 7) is 3.79. The van der Waals surface area contributed by atoms with Gasteiger partial charge in [0.15, 0.2) is 5.13 Å². The number of hydrogen-bond acceptors (Lipinski definition) is 10. The Bertz CT molecular complexity index is 1330. The van der Waals surface area contributed by atoms with Crippen LogP contribution in [-0.2, 0) is 19.1 Å². The minimum absolute atomic E-state index is 0.00410. The molecule has 0 bridgehead atoms. The van der Waals surface area contributed by atoms with E-state index >= 15 is 0 Å². The molecule has 0 amide bonds. The average molecular weight is 527 g/mol. The molecule has 5 rings (SSSR count). The zero-order valence-electron chi connectivity index (χ0n) is 20.5. The van der Waals surface area contributed by atoms with Crippen molar-refractivity contribution in [3.8, 4) is 5.75 Å². The molecular weight excluding hydrogens is 499 g/mol. The van der Waals surface area contributed by atoms with Crippen LogP contribution in [0.15, 0.2) is 54.6 Å². The maximum atomic E-state index is 13.6. The van der Waals surface area contributed by atoms with Gasteiger partial charge in [-0.3, -0.25) is 9.80 Å². The van der Waals surface area contributed by atoms with E-state index in [2.05, 4.69) is 22.1 Å². The van der Waals surface area contributed by atoms with E-state index in [0.29, 0.717) is 36.2 Å². The predicted octanol–water partition coefficient (Wildman–Crippen LogP) is 3.77. The van der Waals surface area contributed by atoms with E-state index in [1.165, 1.54) is 23.5 Å². The zero-order valence-corrected chi connectivity index (χ0v) is 21.3. The number of ether oxygens (including phenoxy) is 3. The summed E-state index contributed by atoms with van der Waals surface area (Å²) in [6.07, 6.45) is 2.93. The Labute approximate surface area is 217 Å². The van der Waals surface area contributed by atoms with Crippen molar-refractivity contribution in [3.05, 3.63) is 60.4 Å². The van der Waals surface area contributed by atoms with Crippen LogP contribution < -0.4 is 15.0 Å². The van der Waals surface area contributed by atoms with E-state index in [1.54, 1.807) is 24.1 Å². The van der Waals surface area contributed by atoms with Gasteiger partial charge in [-0.25, -0.2) is 19.0 Å². The number of anilines is 2. The number of aromatic nitrogens is 1. The smallest absolute Gasteiger partial charge is 0.356 e. The van der Waals surface area contributed by atoms with Gasteiger partial charge in [0.05, 0.1) is 29.6 Å². The van der Waals surface area contributed by atoms with Crippen molar-refractivity contribution in [1.29, 1.82) is 0 Å². The number of fused-ring (bicyclic) bond motifs is 1. The van der Waals surface area contributed by atoms with Gasteiger partial charge in [0.2, 0.25) is 0 Å². The molecule has 0 saturated carbocycles. The van der Waals surface area contributed by atoms with Crippen LogP contribution in [0.2, 0.25) is 0 Å². The third kappa shape index (κ3) is 5.23. The number of methoxy groups -OCH3 is 1. The Balaban J connectivity index is 1.39. The molecule has 194 valence electrons. The third-order valence-electron chi connectivity index (χ3n) is 6.38. The second kappa shape index (κ2) is 10.3. The van der Waals surface area contributed by atoms with E-state index in [9.17, 15) is 14.0 Å². The Morgan fingerprint density at radius 1 is 1.16 bits per heavy atom. The van der Waals surface area contributed by atoms with Gasteiger partial charge in [-0.05, 0) is 36.8 Å². The summed E-state index contributed by atoms with van der Waals surface area (Å²) in [5.41, 5.74) is 1.39. The Morgan fingerprint density at radius 3 is 2.65 bits per heavy atom. The number of carbonyl (C=O) groups excluding carboxylic acids is 2. The molecule has 1 saturated heterocycles. The lowest BCUT2D eigenvalue weighted by molar-refractivity contribution is -0.231. The van der Waals surface area contributed by atoms with Crippen LogP contribution >= 0.6 is 11.3 Å². The van der Waals surface area contributed by atoms with Crippen molar-refractivity contribution in [2.24, 2.45) is 0 Å². The quantitative estimate of drug-likeness (QED) is 0.462. The molecule has 2 aromatic carbocycles. The SMILES string of the molecule is CCC(CN1CCN(c2ccccc2OC)C2(C1)OC(=O)C=CC(=O)O2)Nc1nc2ccc(F)cc2s1. The molecule has 1 fully saturated rings. The van der Waals surface area contributed by atoms with E-state index < -0.39 is 17.8 Å². The standard InChI is InChI=1S/C26H27FN4O5S/c1-3-18(28-25-29-19-9-8-17(27)14-22(19)37-25)15-30-12-13-31(20-6-4-5-7-21(20)34-2)26(16-30)35-23(32)10-11-24(33)36-26/h4-11,14,18H,3,12-13,15-16H2,1-2H3,(H,28,29). The second-order valence-electron chi connectivity index (χ2n) is 8.83. The topological polar surface area (TPSA) is 93.2 Å². The van der Waals surface area contributed by atoms with Crippen LogP contribution in [0.3, 0.4) is 0 Å². The fourth-order valence-electron chi connectivity index (χ4n) is 4.61. The summed E-state index contributed by atoms with van der Waals surface area (Å²) < 4.78 is 31.5. The molecule has 3 heterocycles. The van der Waals surface area contributed by atoms with Gasteiger partial charge >= 0.3 is 17.8 Å². The lowest BCUT2D eigenvalue weighted by Crippen LogP contribution is -2.67. The van der Waals surface area contributed by atoms with Crippen LogP contribution in [0.1, 0.15) is 13.3 Å². The maximum Gasteiger partial charge on any atom is 0.356 e. The van der Waals surface area contributed by atoms with Gasteiger partial charge in [0, 0.05) is 37.8 Å². The summed E-state index contributed by atoms with van der Waals surface area (Å²) in [7, 11) is 1.56. The van der Waals surface area contributed by atoms with Crippen molar-refractivity contribution in [1.82, 2.24) is 9.88 Å². The Hall–Kier alpha value is -3.70. The van der Waals surface area contributed by atoms with Crippen LogP contribution in [-0.4, -0.2) is 67.1 Å². The van der Waals surface area contributed by atoms with Gasteiger partial charge in [0.25, 0.3) is 0 Å². The Morgan fingerprint density at radius 2 is 1.92 bits per heavy atom. The minimum atomic E-state index is -1.67. The highest BCUT2D eigenvalue weighted by atomic mass is 32.1. The third-order valence-corrected chi connectivity index (χ3v) is 7.32. The van der Waals surface area contributed by atoms with Crippen molar-refractivity contribution in [2.45, 2.75) is 25.3 Å². The first-order valence-electron chi connectivity index (χ1n) is 12.0. The number of piperazine rings is 1. The largest absolute Gasteiger partial charge is 0.495 e. The van der Waals surface area contributed by atoms with Crippen molar-refractivity contribution in [3.63, 3.8) is 0 Å². The average Bonchev–Trinajstić information content (AvgIpc) is 3.21. The molecule has 0 radical (unpaired) electrons. The van der Waals surface area contributed by atoms with Crippen molar-refractivity contribution < 1.29 is 28.2 Å². The van der Waals surface area contributed by atoms with Crippen LogP contribution in [0.4, 0.5) is 15.2 Å². The van der Waals surface area contributed by atoms with E-state index in [1.807, 2.05) is 18.2 Å². The van der Waals surface area contributed by atoms with Gasteiger partial charge in [-0.15, -0.1) is 0 Å². The van der Waals surface area contributed by atoms with E-state index in [0.717, 1.165) is 28.8 Å². The summed E-state index contributed by atoms with van der Waals surface area (Å²) >= 11 is 1.39. The lowest BCUT2D eigenvalue weighted by atomic mass is 10.1. The number of rotatable bonds is 7. The number of nitrogens with one attached hydrogen (secondary N) is 1. The number of esters is 2. The molecule has 37 heavy (non-hydrogen) atoms. The van der Waals surface area contributed by atoms with Gasteiger partial charge < -0.3 is 19.5 Å². The summed E-state index contributed by atoms with van der Waals surface area (Å²) in [5.74, 6) is -2.73. The highest BCUT2D eigenvalue weighted by molar-refractivity contribution is 7.22. The molecule has 1 spiro atoms. The predicted molar refractivity (Wildman–Crippen MR) is 138 cm³/mol. The van der Waals surface area contributed by atoms with Crippen molar-refractivity contribution in [2.75, 3.05) is 43.5 Å². The van der Waals surface area contributed by atoms with Gasteiger partial charge in [0.1, 0.15) is 11.6 Å². The van der Waals surface area contributed by atoms with E-state index in [4.69, 9.17) is 14.2 Å². The van der Waals surface area contributed by atoms with Gasteiger partial charge in [-0.2, -0.15) is 0 Å². The van der Waals surface area contributed by atoms with Crippen molar-refractivity contribution >= 4 is 44.3 Å². The maximum absolute atomic E-state index is 13.6. The molecule has 9 nitrogen and oxygen atoms in total. The zero-order chi connectivity index (χ0) is 26.0. The number of thiazole rings is 1. The monoisotopic (exact) mass is 526 g/mol. The fourth-order valence-corrected chi connectivity index (χ4v) is 5.58. The Kier molecular flexibility index (Phi) is 6.98. The molecule has 2 aliphatic heterocycles. The number of hydrogen-bond donors (Lipinski definition) is 1. The van der Waals surface area contributed by atoms with Crippen LogP contribution in [0, 0.1) is 5.82 Å². The molecule has 1 N–H and O–H groups in total. The molecule has 0 aliphatic carbocycles. The molecule has 1 atom stereocenters. The fraction of sp³-hybridized carbons (Fsp3) is 0.346. The minimum Gasteiger partial charge on any atom is -0.495 e. The number of carbonyl (C=O) groups is 2. The lowest BCUT2D eigenvalue weighted by Gasteiger charge is -2.48. The van der Waals surface area contributed by atoms with Gasteiger partial charge in [-0.1, -0.05) is 30.4 Å². The van der Waals surface area contributed by atoms with Crippen LogP contribution in [0.5, 0.6) is 5.75 Å². The number of halogens is 1. The number of nitrogens with zero attached hydrogens (tertiary/aromatic N) is 3. The molecule has 2 aliphatic rings. The highest BCUT2D eigenvalue weighted by Gasteiger charge is 2.51. The number of benzene rings is 2. The molecular formula is C26H27FN4O5S. The molecule has 1 unspecified atom stereocenters. The number of para-hydroxylation sites is 2. The second-order valence-corrected chi connectivity index (χ2v) is 9.86. The summed E-state index contributed by atoms with van der Waals surface area (Å²) in [5, 5.41) is 4.15. The molecule has 3 aromatic rings. The first-order valence-corrected chi connectivity index (χ1v) is 12.8. The summed E-state index contributed by atoms with van der Waals surface area (Å²) in [6, 6.07) is 11.9. The normalized spacial score (nSPS) is 18.4. The summed E-state index contributed by atoms with van der Waals surface area (Å²) in [4.78, 5) is 33.4. The first kappa shape index (κ1) is 25.0. The highest BCUT2D eigenvalue weighted by Crippen LogP contribution is 2.38. The molecule has 1 aromatic heterocycles. The van der Waals surface area contributed by atoms with E-state index in [-0.39, 0.29) is 18.4 Å². The molecule has 11 heteroatoms. The first-order chi connectivity index (χ1) is 17.9. The van der Waals surface area contributed by atoms with Crippen LogP contribution in [0.25, 0.3) is 10.2 Å².